The summed E-state index contributed by atoms with van der Waals surface area (Å²) in [5, 5.41) is 2.24. The Labute approximate surface area is 552 Å². The fourth-order valence-electron chi connectivity index (χ4n) is 13.2. The molecule has 0 spiro atoms. The fourth-order valence-corrected chi connectivity index (χ4v) is 13.2. The summed E-state index contributed by atoms with van der Waals surface area (Å²) >= 11 is 0. The van der Waals surface area contributed by atoms with Crippen molar-refractivity contribution in [3.8, 4) is 22.3 Å². The SMILES string of the molecule is [CH2-]c1c(C(C)(C)C)ccc2c1N(c1[c-]cc(C(C)(C)C)c[c-]1)c1cc(C(C)(C)C)cc3c1B2c1ccc(N(c2ccc(-c4ccccc4)cc2)c2c(C)cc(C(C)(C)C)cc2C)cc1N3c1ccc(-c2cccc3c2oc2ccccc23)cc1.[Cd+2].[Cd]. The standard InChI is InChI=1S/C79H75BN3O.2Cd/c1-49-44-56(77(7,8)9)45-50(2)73(49)81(58-34-28-53(29-35-58)52-22-17-16-18-23-52)61-40-42-66-68(48-61)82(59-36-30-54(31-37-59)62-25-21-26-64-63-24-19-20-27-71(63)84-75(62)64)69-46-57(78(10,11)12)47-70-72(69)80(66)67-43-41-65(79(13,14)15)51(3)74(67)83(70)60-38-32-55(33-39-60)76(4,5)6;;/h16-37,40-48H,3H2,1-2,4-15H3;;/q-3;;+2. The summed E-state index contributed by atoms with van der Waals surface area (Å²) in [5.41, 5.74) is 27.8. The van der Waals surface area contributed by atoms with Gasteiger partial charge in [0.15, 0.2) is 0 Å². The van der Waals surface area contributed by atoms with Crippen LogP contribution in [-0.2, 0) is 76.3 Å². The first-order chi connectivity index (χ1) is 39.9. The minimum atomic E-state index is -0.225. The number of anilines is 9. The number of aryl methyl sites for hydroxylation is 2. The predicted molar refractivity (Wildman–Crippen MR) is 360 cm³/mol. The Morgan fingerprint density at radius 3 is 1.66 bits per heavy atom. The molecule has 0 N–H and O–H groups in total. The van der Waals surface area contributed by atoms with Crippen molar-refractivity contribution in [2.45, 2.75) is 119 Å². The average molecular weight is 1320 g/mol. The van der Waals surface area contributed by atoms with E-state index >= 15 is 0 Å². The van der Waals surface area contributed by atoms with Gasteiger partial charge in [-0.1, -0.05) is 209 Å². The normalized spacial score (nSPS) is 13.0. The monoisotopic (exact) mass is 1320 g/mol. The van der Waals surface area contributed by atoms with Gasteiger partial charge in [0.25, 0.3) is 0 Å². The van der Waals surface area contributed by atoms with Gasteiger partial charge in [0, 0.05) is 77.8 Å². The van der Waals surface area contributed by atoms with Gasteiger partial charge in [-0.25, -0.2) is 5.69 Å². The van der Waals surface area contributed by atoms with E-state index in [9.17, 15) is 0 Å². The second-order valence-electron chi connectivity index (χ2n) is 27.7. The van der Waals surface area contributed by atoms with E-state index in [2.05, 4.69) is 306 Å². The Kier molecular flexibility index (Phi) is 15.9. The van der Waals surface area contributed by atoms with E-state index in [4.69, 9.17) is 11.3 Å². The molecule has 13 rings (SSSR count). The summed E-state index contributed by atoms with van der Waals surface area (Å²) in [4.78, 5) is 7.51. The average Bonchev–Trinajstić information content (AvgIpc) is 0.824. The van der Waals surface area contributed by atoms with Crippen molar-refractivity contribution in [1.29, 1.82) is 0 Å². The third-order valence-electron chi connectivity index (χ3n) is 17.7. The van der Waals surface area contributed by atoms with Gasteiger partial charge in [-0.3, -0.25) is 17.7 Å². The molecule has 2 aliphatic heterocycles. The van der Waals surface area contributed by atoms with Gasteiger partial charge in [0.1, 0.15) is 11.2 Å². The maximum absolute atomic E-state index is 6.65. The second kappa shape index (κ2) is 22.4. The topological polar surface area (TPSA) is 22.9 Å². The van der Waals surface area contributed by atoms with Crippen LogP contribution in [0, 0.1) is 32.9 Å². The molecule has 0 fully saturated rings. The predicted octanol–water partition coefficient (Wildman–Crippen LogP) is 20.1. The number of rotatable bonds is 7. The number of hydrogen-bond donors (Lipinski definition) is 0. The number of nitrogens with zero attached hydrogens (tertiary/aromatic N) is 3. The van der Waals surface area contributed by atoms with E-state index in [1.165, 1.54) is 66.6 Å². The molecule has 7 heteroatoms. The van der Waals surface area contributed by atoms with E-state index in [0.29, 0.717) is 0 Å². The largest absolute Gasteiger partial charge is 2.00 e. The van der Waals surface area contributed by atoms with Crippen LogP contribution in [0.15, 0.2) is 192 Å². The number of furan rings is 1. The van der Waals surface area contributed by atoms with Crippen molar-refractivity contribution in [2.24, 2.45) is 0 Å². The molecule has 86 heavy (non-hydrogen) atoms. The van der Waals surface area contributed by atoms with Crippen molar-refractivity contribution in [2.75, 3.05) is 14.7 Å². The number of para-hydroxylation sites is 2. The molecule has 420 valence electrons. The van der Waals surface area contributed by atoms with Gasteiger partial charge in [0.2, 0.25) is 6.71 Å². The van der Waals surface area contributed by atoms with Crippen LogP contribution in [0.25, 0.3) is 44.2 Å². The van der Waals surface area contributed by atoms with Crippen LogP contribution in [0.5, 0.6) is 0 Å². The van der Waals surface area contributed by atoms with E-state index < -0.39 is 0 Å². The number of benzene rings is 10. The van der Waals surface area contributed by atoms with Gasteiger partial charge in [-0.15, -0.1) is 22.5 Å². The van der Waals surface area contributed by atoms with Crippen molar-refractivity contribution in [3.63, 3.8) is 0 Å². The minimum Gasteiger partial charge on any atom is -0.455 e. The minimum absolute atomic E-state index is 0. The molecule has 4 nitrogen and oxygen atoms in total. The molecule has 0 amide bonds. The summed E-state index contributed by atoms with van der Waals surface area (Å²) in [6, 6.07) is 77.6. The Balaban J connectivity index is 0.00000384. The van der Waals surface area contributed by atoms with Gasteiger partial charge in [0.05, 0.1) is 5.69 Å². The van der Waals surface area contributed by atoms with E-state index in [1.807, 2.05) is 6.07 Å². The third kappa shape index (κ3) is 10.5. The molecule has 0 bridgehead atoms. The van der Waals surface area contributed by atoms with Crippen molar-refractivity contribution >= 4 is 96.2 Å². The Morgan fingerprint density at radius 2 is 1.03 bits per heavy atom. The summed E-state index contributed by atoms with van der Waals surface area (Å²) in [5.74, 6) is 0. The molecule has 1 aromatic heterocycles. The molecule has 2 aliphatic rings. The molecule has 0 aliphatic carbocycles. The zero-order chi connectivity index (χ0) is 58.9. The third-order valence-corrected chi connectivity index (χ3v) is 17.7. The molecule has 0 unspecified atom stereocenters. The number of hydrogen-bond acceptors (Lipinski definition) is 4. The second-order valence-corrected chi connectivity index (χ2v) is 27.7. The van der Waals surface area contributed by atoms with E-state index in [1.54, 1.807) is 0 Å². The van der Waals surface area contributed by atoms with Crippen LogP contribution < -0.4 is 31.1 Å². The summed E-state index contributed by atoms with van der Waals surface area (Å²) in [6.45, 7) is 37.1. The van der Waals surface area contributed by atoms with Crippen molar-refractivity contribution in [3.05, 3.63) is 246 Å². The Hall–Kier alpha value is -6.82. The molecule has 11 aromatic rings. The molecule has 10 aromatic carbocycles. The summed E-state index contributed by atoms with van der Waals surface area (Å²) in [6.07, 6.45) is 0. The van der Waals surface area contributed by atoms with Gasteiger partial charge >= 0.3 is 27.3 Å². The zero-order valence-electron chi connectivity index (χ0n) is 52.8. The van der Waals surface area contributed by atoms with Crippen LogP contribution in [0.4, 0.5) is 51.2 Å². The van der Waals surface area contributed by atoms with Gasteiger partial charge < -0.3 is 31.2 Å². The number of fused-ring (bicyclic) bond motifs is 7. The molecular formula is C79H75BCd2N3O-. The smallest absolute Gasteiger partial charge is 0.455 e. The Bertz CT molecular complexity index is 4360. The van der Waals surface area contributed by atoms with Crippen LogP contribution in [0.2, 0.25) is 0 Å². The maximum atomic E-state index is 6.65. The van der Waals surface area contributed by atoms with Gasteiger partial charge in [-0.05, 0) is 129 Å². The molecule has 0 saturated heterocycles. The van der Waals surface area contributed by atoms with Crippen LogP contribution in [0.1, 0.15) is 122 Å². The molecule has 3 heterocycles. The van der Waals surface area contributed by atoms with Crippen LogP contribution in [-0.4, -0.2) is 6.71 Å². The van der Waals surface area contributed by atoms with Crippen LogP contribution >= 0.6 is 0 Å². The molecule has 0 atom stereocenters. The first-order valence-corrected chi connectivity index (χ1v) is 29.9. The maximum Gasteiger partial charge on any atom is 2.00 e. The zero-order valence-corrected chi connectivity index (χ0v) is 60.9. The first-order valence-electron chi connectivity index (χ1n) is 29.9. The summed E-state index contributed by atoms with van der Waals surface area (Å²) < 4.78 is 6.65. The van der Waals surface area contributed by atoms with E-state index in [-0.39, 0.29) is 83.0 Å². The van der Waals surface area contributed by atoms with Gasteiger partial charge in [-0.2, -0.15) is 12.5 Å². The Morgan fingerprint density at radius 1 is 0.488 bits per heavy atom. The van der Waals surface area contributed by atoms with E-state index in [0.717, 1.165) is 84.1 Å². The van der Waals surface area contributed by atoms with Crippen molar-refractivity contribution in [1.82, 2.24) is 0 Å². The first kappa shape index (κ1) is 60.9. The molecule has 0 saturated carbocycles. The summed E-state index contributed by atoms with van der Waals surface area (Å²) in [7, 11) is 0. The van der Waals surface area contributed by atoms with Crippen LogP contribution in [0.3, 0.4) is 0 Å². The fraction of sp³-hybridized carbons (Fsp3) is 0.228. The molecule has 0 radical (unpaired) electrons. The quantitative estimate of drug-likeness (QED) is 0.117. The molecular weight excluding hydrogens is 1240 g/mol. The van der Waals surface area contributed by atoms with Crippen molar-refractivity contribution < 1.29 is 59.0 Å².